The standard InChI is InChI=1S/C10H12BrFIN/c11-9-4-8(5-10(12)6-9)7-14-3-1-2-13/h4-6,14H,1-3,7H2. The second-order valence-electron chi connectivity index (χ2n) is 3.00. The van der Waals surface area contributed by atoms with Gasteiger partial charge in [-0.1, -0.05) is 38.5 Å². The average molecular weight is 372 g/mol. The molecule has 1 rings (SSSR count). The fraction of sp³-hybridized carbons (Fsp3) is 0.400. The fourth-order valence-corrected chi connectivity index (χ4v) is 2.03. The van der Waals surface area contributed by atoms with Crippen LogP contribution in [0.5, 0.6) is 0 Å². The van der Waals surface area contributed by atoms with E-state index < -0.39 is 0 Å². The molecule has 0 bridgehead atoms. The predicted molar refractivity (Wildman–Crippen MR) is 69.3 cm³/mol. The maximum absolute atomic E-state index is 12.9. The van der Waals surface area contributed by atoms with Crippen molar-refractivity contribution in [2.75, 3.05) is 11.0 Å². The summed E-state index contributed by atoms with van der Waals surface area (Å²) in [6, 6.07) is 4.95. The number of alkyl halides is 1. The maximum Gasteiger partial charge on any atom is 0.124 e. The van der Waals surface area contributed by atoms with E-state index in [2.05, 4.69) is 43.8 Å². The lowest BCUT2D eigenvalue weighted by molar-refractivity contribution is 0.618. The number of halogens is 3. The third-order valence-corrected chi connectivity index (χ3v) is 2.96. The summed E-state index contributed by atoms with van der Waals surface area (Å²) in [5, 5.41) is 3.26. The molecule has 14 heavy (non-hydrogen) atoms. The average Bonchev–Trinajstić information content (AvgIpc) is 2.11. The van der Waals surface area contributed by atoms with E-state index in [0.29, 0.717) is 0 Å². The van der Waals surface area contributed by atoms with Gasteiger partial charge in [0.15, 0.2) is 0 Å². The number of hydrogen-bond acceptors (Lipinski definition) is 1. The molecule has 1 aromatic rings. The van der Waals surface area contributed by atoms with Crippen molar-refractivity contribution >= 4 is 38.5 Å². The third-order valence-electron chi connectivity index (χ3n) is 1.74. The highest BCUT2D eigenvalue weighted by molar-refractivity contribution is 14.1. The molecular formula is C10H12BrFIN. The Hall–Kier alpha value is 0.320. The monoisotopic (exact) mass is 371 g/mol. The van der Waals surface area contributed by atoms with E-state index >= 15 is 0 Å². The summed E-state index contributed by atoms with van der Waals surface area (Å²) in [6.45, 7) is 1.71. The van der Waals surface area contributed by atoms with Crippen molar-refractivity contribution in [1.29, 1.82) is 0 Å². The normalized spacial score (nSPS) is 10.5. The van der Waals surface area contributed by atoms with E-state index in [9.17, 15) is 4.39 Å². The van der Waals surface area contributed by atoms with Crippen LogP contribution in [0.2, 0.25) is 0 Å². The van der Waals surface area contributed by atoms with Gasteiger partial charge < -0.3 is 5.32 Å². The zero-order valence-corrected chi connectivity index (χ0v) is 11.4. The van der Waals surface area contributed by atoms with Crippen LogP contribution in [0, 0.1) is 5.82 Å². The van der Waals surface area contributed by atoms with Crippen LogP contribution in [0.15, 0.2) is 22.7 Å². The van der Waals surface area contributed by atoms with E-state index in [1.54, 1.807) is 6.07 Å². The Morgan fingerprint density at radius 3 is 2.79 bits per heavy atom. The van der Waals surface area contributed by atoms with Crippen LogP contribution < -0.4 is 5.32 Å². The van der Waals surface area contributed by atoms with Gasteiger partial charge in [0.1, 0.15) is 5.82 Å². The first-order valence-electron chi connectivity index (χ1n) is 4.44. The lowest BCUT2D eigenvalue weighted by Crippen LogP contribution is -2.15. The molecule has 0 amide bonds. The van der Waals surface area contributed by atoms with Crippen molar-refractivity contribution in [1.82, 2.24) is 5.32 Å². The zero-order chi connectivity index (χ0) is 10.4. The molecule has 0 radical (unpaired) electrons. The van der Waals surface area contributed by atoms with Gasteiger partial charge in [-0.05, 0) is 36.7 Å². The van der Waals surface area contributed by atoms with Crippen LogP contribution in [0.4, 0.5) is 4.39 Å². The van der Waals surface area contributed by atoms with Gasteiger partial charge in [-0.3, -0.25) is 0 Å². The van der Waals surface area contributed by atoms with Crippen molar-refractivity contribution in [2.45, 2.75) is 13.0 Å². The number of rotatable bonds is 5. The summed E-state index contributed by atoms with van der Waals surface area (Å²) in [4.78, 5) is 0. The zero-order valence-electron chi connectivity index (χ0n) is 7.69. The first kappa shape index (κ1) is 12.4. The van der Waals surface area contributed by atoms with Crippen LogP contribution in [0.3, 0.4) is 0 Å². The van der Waals surface area contributed by atoms with Crippen LogP contribution in [0.25, 0.3) is 0 Å². The number of nitrogens with one attached hydrogen (secondary N) is 1. The van der Waals surface area contributed by atoms with Gasteiger partial charge in [-0.2, -0.15) is 0 Å². The number of benzene rings is 1. The molecule has 1 N–H and O–H groups in total. The molecule has 0 saturated carbocycles. The van der Waals surface area contributed by atoms with Gasteiger partial charge >= 0.3 is 0 Å². The molecule has 1 nitrogen and oxygen atoms in total. The van der Waals surface area contributed by atoms with Crippen molar-refractivity contribution in [2.24, 2.45) is 0 Å². The van der Waals surface area contributed by atoms with Gasteiger partial charge in [-0.15, -0.1) is 0 Å². The molecule has 78 valence electrons. The van der Waals surface area contributed by atoms with E-state index in [4.69, 9.17) is 0 Å². The highest BCUT2D eigenvalue weighted by atomic mass is 127. The van der Waals surface area contributed by atoms with E-state index in [1.807, 2.05) is 6.07 Å². The van der Waals surface area contributed by atoms with Crippen LogP contribution in [-0.2, 0) is 6.54 Å². The first-order valence-corrected chi connectivity index (χ1v) is 6.76. The van der Waals surface area contributed by atoms with Crippen LogP contribution in [0.1, 0.15) is 12.0 Å². The van der Waals surface area contributed by atoms with Gasteiger partial charge in [0, 0.05) is 15.4 Å². The molecule has 0 atom stereocenters. The molecule has 1 aromatic carbocycles. The highest BCUT2D eigenvalue weighted by Crippen LogP contribution is 2.14. The van der Waals surface area contributed by atoms with Crippen molar-refractivity contribution in [3.63, 3.8) is 0 Å². The Morgan fingerprint density at radius 1 is 1.36 bits per heavy atom. The van der Waals surface area contributed by atoms with Gasteiger partial charge in [0.2, 0.25) is 0 Å². The summed E-state index contributed by atoms with van der Waals surface area (Å²) < 4.78 is 14.9. The molecule has 0 aromatic heterocycles. The Labute approximate surface area is 106 Å². The topological polar surface area (TPSA) is 12.0 Å². The minimum absolute atomic E-state index is 0.190. The fourth-order valence-electron chi connectivity index (χ4n) is 1.14. The largest absolute Gasteiger partial charge is 0.313 e. The molecule has 0 fully saturated rings. The lowest BCUT2D eigenvalue weighted by Gasteiger charge is -2.04. The molecule has 0 spiro atoms. The summed E-state index contributed by atoms with van der Waals surface area (Å²) >= 11 is 5.61. The Kier molecular flexibility index (Phi) is 5.96. The molecule has 0 aliphatic heterocycles. The summed E-state index contributed by atoms with van der Waals surface area (Å²) in [5.41, 5.74) is 0.977. The number of hydrogen-bond donors (Lipinski definition) is 1. The summed E-state index contributed by atoms with van der Waals surface area (Å²) in [5.74, 6) is -0.190. The van der Waals surface area contributed by atoms with Gasteiger partial charge in [0.05, 0.1) is 0 Å². The third kappa shape index (κ3) is 4.70. The smallest absolute Gasteiger partial charge is 0.124 e. The summed E-state index contributed by atoms with van der Waals surface area (Å²) in [7, 11) is 0. The second kappa shape index (κ2) is 6.74. The quantitative estimate of drug-likeness (QED) is 0.474. The van der Waals surface area contributed by atoms with E-state index in [1.165, 1.54) is 6.07 Å². The second-order valence-corrected chi connectivity index (χ2v) is 4.99. The molecule has 4 heteroatoms. The Bertz CT molecular complexity index is 273. The molecular weight excluding hydrogens is 360 g/mol. The van der Waals surface area contributed by atoms with Crippen molar-refractivity contribution in [3.05, 3.63) is 34.1 Å². The van der Waals surface area contributed by atoms with Crippen LogP contribution >= 0.6 is 38.5 Å². The van der Waals surface area contributed by atoms with Crippen molar-refractivity contribution in [3.8, 4) is 0 Å². The van der Waals surface area contributed by atoms with Crippen molar-refractivity contribution < 1.29 is 4.39 Å². The first-order chi connectivity index (χ1) is 6.72. The minimum Gasteiger partial charge on any atom is -0.313 e. The minimum atomic E-state index is -0.190. The van der Waals surface area contributed by atoms with Gasteiger partial charge in [0.25, 0.3) is 0 Å². The maximum atomic E-state index is 12.9. The SMILES string of the molecule is Fc1cc(Br)cc(CNCCCI)c1. The Balaban J connectivity index is 2.42. The van der Waals surface area contributed by atoms with E-state index in [-0.39, 0.29) is 5.82 Å². The highest BCUT2D eigenvalue weighted by Gasteiger charge is 1.98. The molecule has 0 saturated heterocycles. The molecule has 0 aliphatic rings. The van der Waals surface area contributed by atoms with Crippen LogP contribution in [-0.4, -0.2) is 11.0 Å². The molecule has 0 aliphatic carbocycles. The molecule has 0 unspecified atom stereocenters. The van der Waals surface area contributed by atoms with Gasteiger partial charge in [-0.25, -0.2) is 4.39 Å². The molecule has 0 heterocycles. The Morgan fingerprint density at radius 2 is 2.14 bits per heavy atom. The predicted octanol–water partition coefficient (Wildman–Crippen LogP) is 3.50. The summed E-state index contributed by atoms with van der Waals surface area (Å²) in [6.07, 6.45) is 1.15. The van der Waals surface area contributed by atoms with E-state index in [0.717, 1.165) is 34.0 Å². The lowest BCUT2D eigenvalue weighted by atomic mass is 10.2.